The molecular weight excluding hydrogens is 628 g/mol. The van der Waals surface area contributed by atoms with Gasteiger partial charge in [-0.05, 0) is 52.9 Å². The number of rotatable bonds is 6. The molecule has 2 amide bonds. The van der Waals surface area contributed by atoms with Gasteiger partial charge in [0.2, 0.25) is 5.91 Å². The van der Waals surface area contributed by atoms with Gasteiger partial charge in [0.15, 0.2) is 5.69 Å². The number of primary amides is 1. The first-order valence-electron chi connectivity index (χ1n) is 11.7. The smallest absolute Gasteiger partial charge is 0.365 e. The van der Waals surface area contributed by atoms with Crippen LogP contribution in [-0.2, 0) is 23.7 Å². The molecule has 1 aliphatic carbocycles. The summed E-state index contributed by atoms with van der Waals surface area (Å²) in [5.41, 5.74) is 4.40. The number of nitrogens with two attached hydrogens (primary N) is 1. The highest BCUT2D eigenvalue weighted by atomic mass is 79.9. The maximum Gasteiger partial charge on any atom is 0.436 e. The Hall–Kier alpha value is -3.46. The lowest BCUT2D eigenvalue weighted by atomic mass is 10.00. The van der Waals surface area contributed by atoms with Crippen LogP contribution in [0.3, 0.4) is 0 Å². The Morgan fingerprint density at radius 2 is 1.77 bits per heavy atom. The van der Waals surface area contributed by atoms with Crippen molar-refractivity contribution in [2.45, 2.75) is 44.6 Å². The van der Waals surface area contributed by atoms with Crippen LogP contribution in [0.5, 0.6) is 0 Å². The van der Waals surface area contributed by atoms with Gasteiger partial charge in [0.05, 0.1) is 15.9 Å². The predicted molar refractivity (Wildman–Crippen MR) is 139 cm³/mol. The summed E-state index contributed by atoms with van der Waals surface area (Å²) in [4.78, 5) is 28.7. The molecule has 0 atom stereocenters. The standard InChI is InChI=1S/C25H18BrF6N5O2S/c1-10-2-4-11(5-3-10)13-8-14(24(27,28)29)34-23-16(13)18(20(40-23)22(33)39)35-15(38)9-37-19(12-6-7-12)17(26)21(36-37)25(30,31)32/h2-5,8,12H,6-7,9H2,1H3,(H2,33,39)(H,35,38). The number of aryl methyl sites for hydroxylation is 1. The van der Waals surface area contributed by atoms with E-state index in [1.165, 1.54) is 0 Å². The Balaban J connectivity index is 1.62. The van der Waals surface area contributed by atoms with Crippen LogP contribution in [0.25, 0.3) is 21.3 Å². The second-order valence-electron chi connectivity index (χ2n) is 9.30. The molecule has 15 heteroatoms. The predicted octanol–water partition coefficient (Wildman–Crippen LogP) is 6.88. The summed E-state index contributed by atoms with van der Waals surface area (Å²) < 4.78 is 82.3. The monoisotopic (exact) mass is 645 g/mol. The van der Waals surface area contributed by atoms with E-state index in [0.717, 1.165) is 16.3 Å². The van der Waals surface area contributed by atoms with Crippen molar-refractivity contribution in [3.63, 3.8) is 0 Å². The van der Waals surface area contributed by atoms with Gasteiger partial charge in [-0.1, -0.05) is 29.8 Å². The Morgan fingerprint density at radius 1 is 1.12 bits per heavy atom. The van der Waals surface area contributed by atoms with E-state index in [4.69, 9.17) is 5.73 Å². The highest BCUT2D eigenvalue weighted by Crippen LogP contribution is 2.47. The third-order valence-electron chi connectivity index (χ3n) is 6.26. The zero-order chi connectivity index (χ0) is 29.1. The number of carbonyl (C=O) groups is 2. The molecule has 5 rings (SSSR count). The molecule has 40 heavy (non-hydrogen) atoms. The molecule has 0 aliphatic heterocycles. The van der Waals surface area contributed by atoms with Crippen LogP contribution in [0.2, 0.25) is 0 Å². The number of hydrogen-bond donors (Lipinski definition) is 2. The fourth-order valence-corrected chi connectivity index (χ4v) is 6.15. The van der Waals surface area contributed by atoms with Crippen molar-refractivity contribution in [3.05, 3.63) is 62.3 Å². The van der Waals surface area contributed by atoms with Crippen LogP contribution in [0, 0.1) is 6.92 Å². The molecule has 0 spiro atoms. The lowest BCUT2D eigenvalue weighted by Crippen LogP contribution is -2.23. The number of anilines is 1. The van der Waals surface area contributed by atoms with E-state index in [0.29, 0.717) is 29.7 Å². The largest absolute Gasteiger partial charge is 0.436 e. The highest BCUT2D eigenvalue weighted by Gasteiger charge is 2.42. The molecular formula is C25H18BrF6N5O2S. The number of alkyl halides is 6. The van der Waals surface area contributed by atoms with Crippen LogP contribution >= 0.6 is 27.3 Å². The number of pyridine rings is 1. The minimum Gasteiger partial charge on any atom is -0.365 e. The van der Waals surface area contributed by atoms with Crippen LogP contribution in [0.4, 0.5) is 32.0 Å². The van der Waals surface area contributed by atoms with E-state index in [9.17, 15) is 35.9 Å². The van der Waals surface area contributed by atoms with Crippen LogP contribution < -0.4 is 11.1 Å². The van der Waals surface area contributed by atoms with E-state index in [1.807, 2.05) is 0 Å². The van der Waals surface area contributed by atoms with E-state index in [1.54, 1.807) is 31.2 Å². The first-order valence-corrected chi connectivity index (χ1v) is 13.3. The molecule has 3 aromatic heterocycles. The minimum atomic E-state index is -4.81. The van der Waals surface area contributed by atoms with E-state index < -0.39 is 42.1 Å². The summed E-state index contributed by atoms with van der Waals surface area (Å²) in [6, 6.07) is 7.34. The van der Waals surface area contributed by atoms with Crippen molar-refractivity contribution in [2.75, 3.05) is 5.32 Å². The van der Waals surface area contributed by atoms with Crippen molar-refractivity contribution in [1.29, 1.82) is 0 Å². The average molecular weight is 646 g/mol. The van der Waals surface area contributed by atoms with Gasteiger partial charge in [-0.25, -0.2) is 4.98 Å². The molecule has 0 bridgehead atoms. The van der Waals surface area contributed by atoms with Crippen molar-refractivity contribution >= 4 is 55.0 Å². The summed E-state index contributed by atoms with van der Waals surface area (Å²) in [5.74, 6) is -2.10. The molecule has 0 radical (unpaired) electrons. The second kappa shape index (κ2) is 9.87. The van der Waals surface area contributed by atoms with Crippen molar-refractivity contribution < 1.29 is 35.9 Å². The van der Waals surface area contributed by atoms with Crippen LogP contribution in [-0.4, -0.2) is 26.6 Å². The Bertz CT molecular complexity index is 1660. The first kappa shape index (κ1) is 28.1. The zero-order valence-electron chi connectivity index (χ0n) is 20.4. The van der Waals surface area contributed by atoms with Crippen LogP contribution in [0.1, 0.15) is 51.1 Å². The number of hydrogen-bond acceptors (Lipinski definition) is 5. The summed E-state index contributed by atoms with van der Waals surface area (Å²) in [7, 11) is 0. The third kappa shape index (κ3) is 5.31. The normalized spacial score (nSPS) is 14.1. The molecule has 1 saturated carbocycles. The first-order chi connectivity index (χ1) is 18.6. The summed E-state index contributed by atoms with van der Waals surface area (Å²) >= 11 is 3.53. The number of benzene rings is 1. The molecule has 210 valence electrons. The van der Waals surface area contributed by atoms with Crippen molar-refractivity contribution in [3.8, 4) is 11.1 Å². The van der Waals surface area contributed by atoms with Crippen molar-refractivity contribution in [2.24, 2.45) is 5.73 Å². The number of nitrogens with one attached hydrogen (secondary N) is 1. The molecule has 1 fully saturated rings. The number of fused-ring (bicyclic) bond motifs is 1. The van der Waals surface area contributed by atoms with Gasteiger partial charge in [0, 0.05) is 11.3 Å². The molecule has 1 aliphatic rings. The summed E-state index contributed by atoms with van der Waals surface area (Å²) in [6.45, 7) is 1.15. The Labute approximate surface area is 234 Å². The number of aromatic nitrogens is 3. The quantitative estimate of drug-likeness (QED) is 0.223. The number of halogens is 7. The number of amides is 2. The van der Waals surface area contributed by atoms with Crippen LogP contribution in [0.15, 0.2) is 34.8 Å². The lowest BCUT2D eigenvalue weighted by molar-refractivity contribution is -0.142. The minimum absolute atomic E-state index is 0.0382. The van der Waals surface area contributed by atoms with E-state index in [-0.39, 0.29) is 42.4 Å². The van der Waals surface area contributed by atoms with E-state index in [2.05, 4.69) is 31.3 Å². The van der Waals surface area contributed by atoms with Gasteiger partial charge in [-0.15, -0.1) is 11.3 Å². The molecule has 1 aromatic carbocycles. The van der Waals surface area contributed by atoms with Gasteiger partial charge in [-0.3, -0.25) is 14.3 Å². The topological polar surface area (TPSA) is 103 Å². The second-order valence-corrected chi connectivity index (χ2v) is 11.1. The number of carbonyl (C=O) groups excluding carboxylic acids is 2. The maximum absolute atomic E-state index is 13.7. The van der Waals surface area contributed by atoms with Gasteiger partial charge in [0.1, 0.15) is 21.9 Å². The number of nitrogens with zero attached hydrogens (tertiary/aromatic N) is 3. The molecule has 3 N–H and O–H groups in total. The lowest BCUT2D eigenvalue weighted by Gasteiger charge is -2.13. The molecule has 4 aromatic rings. The molecule has 7 nitrogen and oxygen atoms in total. The maximum atomic E-state index is 13.7. The molecule has 0 unspecified atom stereocenters. The zero-order valence-corrected chi connectivity index (χ0v) is 22.8. The average Bonchev–Trinajstić information content (AvgIpc) is 3.53. The SMILES string of the molecule is Cc1ccc(-c2cc(C(F)(F)F)nc3sc(C(N)=O)c(NC(=O)Cn4nc(C(F)(F)F)c(Br)c4C4CC4)c23)cc1. The fourth-order valence-electron chi connectivity index (χ4n) is 4.31. The third-order valence-corrected chi connectivity index (χ3v) is 8.14. The van der Waals surface area contributed by atoms with Crippen molar-refractivity contribution in [1.82, 2.24) is 14.8 Å². The Morgan fingerprint density at radius 3 is 2.33 bits per heavy atom. The molecule has 0 saturated heterocycles. The molecule has 3 heterocycles. The van der Waals surface area contributed by atoms with Gasteiger partial charge < -0.3 is 11.1 Å². The summed E-state index contributed by atoms with van der Waals surface area (Å²) in [6.07, 6.45) is -8.33. The highest BCUT2D eigenvalue weighted by molar-refractivity contribution is 9.10. The van der Waals surface area contributed by atoms with Gasteiger partial charge in [-0.2, -0.15) is 31.4 Å². The van der Waals surface area contributed by atoms with Gasteiger partial charge in [0.25, 0.3) is 5.91 Å². The van der Waals surface area contributed by atoms with E-state index >= 15 is 0 Å². The van der Waals surface area contributed by atoms with Gasteiger partial charge >= 0.3 is 12.4 Å². The Kier molecular flexibility index (Phi) is 6.93. The fraction of sp³-hybridized carbons (Fsp3) is 0.280. The summed E-state index contributed by atoms with van der Waals surface area (Å²) in [5, 5.41) is 6.14. The number of thiophene rings is 1.